The lowest BCUT2D eigenvalue weighted by molar-refractivity contribution is 0.0934. The van der Waals surface area contributed by atoms with E-state index >= 15 is 0 Å². The summed E-state index contributed by atoms with van der Waals surface area (Å²) in [5.41, 5.74) is 2.29. The lowest BCUT2D eigenvalue weighted by atomic mass is 10.0. The molecule has 0 spiro atoms. The lowest BCUT2D eigenvalue weighted by Gasteiger charge is -2.22. The van der Waals surface area contributed by atoms with E-state index in [1.54, 1.807) is 12.1 Å². The van der Waals surface area contributed by atoms with E-state index in [2.05, 4.69) is 17.2 Å². The Morgan fingerprint density at radius 1 is 1.43 bits per heavy atom. The molecule has 2 rings (SSSR count). The lowest BCUT2D eigenvalue weighted by Crippen LogP contribution is -2.39. The summed E-state index contributed by atoms with van der Waals surface area (Å²) in [7, 11) is -0.724. The van der Waals surface area contributed by atoms with Crippen molar-refractivity contribution in [1.29, 1.82) is 0 Å². The van der Waals surface area contributed by atoms with Gasteiger partial charge in [-0.3, -0.25) is 9.00 Å². The van der Waals surface area contributed by atoms with Crippen LogP contribution in [0.1, 0.15) is 34.3 Å². The normalized spacial score (nSPS) is 21.2. The molecule has 0 saturated carbocycles. The minimum Gasteiger partial charge on any atom is -0.384 e. The van der Waals surface area contributed by atoms with Crippen LogP contribution in [-0.2, 0) is 10.8 Å². The molecule has 0 aliphatic carbocycles. The summed E-state index contributed by atoms with van der Waals surface area (Å²) in [5, 5.41) is 11.7. The molecule has 112 valence electrons. The molecule has 0 aromatic heterocycles. The third-order valence-electron chi connectivity index (χ3n) is 3.53. The zero-order valence-electron chi connectivity index (χ0n) is 12.0. The van der Waals surface area contributed by atoms with Crippen LogP contribution in [0.2, 0.25) is 0 Å². The van der Waals surface area contributed by atoms with E-state index in [9.17, 15) is 9.00 Å². The predicted molar refractivity (Wildman–Crippen MR) is 83.5 cm³/mol. The fourth-order valence-electron chi connectivity index (χ4n) is 2.24. The van der Waals surface area contributed by atoms with E-state index < -0.39 is 10.8 Å². The van der Waals surface area contributed by atoms with Gasteiger partial charge in [0.1, 0.15) is 6.61 Å². The molecule has 0 atom stereocenters. The Hall–Kier alpha value is -1.64. The second-order valence-corrected chi connectivity index (χ2v) is 6.78. The number of carbonyl (C=O) groups excluding carboxylic acids is 1. The first kappa shape index (κ1) is 15.7. The van der Waals surface area contributed by atoms with E-state index in [4.69, 9.17) is 5.11 Å². The van der Waals surface area contributed by atoms with Gasteiger partial charge >= 0.3 is 0 Å². The monoisotopic (exact) mass is 305 g/mol. The van der Waals surface area contributed by atoms with Crippen molar-refractivity contribution in [2.75, 3.05) is 18.1 Å². The molecular formula is C16H19NO3S. The molecule has 2 N–H and O–H groups in total. The van der Waals surface area contributed by atoms with Gasteiger partial charge in [-0.15, -0.1) is 0 Å². The third kappa shape index (κ3) is 4.42. The Bertz CT molecular complexity index is 606. The highest BCUT2D eigenvalue weighted by molar-refractivity contribution is 7.85. The summed E-state index contributed by atoms with van der Waals surface area (Å²) in [6.45, 7) is 1.72. The first-order chi connectivity index (χ1) is 10.1. The number of aliphatic hydroxyl groups is 1. The molecule has 4 nitrogen and oxygen atoms in total. The number of aryl methyl sites for hydroxylation is 1. The standard InChI is InChI=1S/C16H19NO3S/c1-12-4-5-14(11-13(12)3-2-8-18)16(19)17-15-6-9-21(20)10-7-15/h4-5,11,15,18H,6-10H2,1H3,(H,17,19). The first-order valence-electron chi connectivity index (χ1n) is 6.96. The molecular weight excluding hydrogens is 286 g/mol. The van der Waals surface area contributed by atoms with Crippen molar-refractivity contribution >= 4 is 16.7 Å². The van der Waals surface area contributed by atoms with Crippen LogP contribution in [0.25, 0.3) is 0 Å². The smallest absolute Gasteiger partial charge is 0.251 e. The number of benzene rings is 1. The van der Waals surface area contributed by atoms with E-state index in [-0.39, 0.29) is 18.6 Å². The van der Waals surface area contributed by atoms with Gasteiger partial charge in [0.05, 0.1) is 0 Å². The second-order valence-electron chi connectivity index (χ2n) is 5.09. The average Bonchev–Trinajstić information content (AvgIpc) is 2.48. The quantitative estimate of drug-likeness (QED) is 0.801. The number of nitrogens with one attached hydrogen (secondary N) is 1. The maximum atomic E-state index is 12.2. The van der Waals surface area contributed by atoms with Gasteiger partial charge in [-0.25, -0.2) is 0 Å². The van der Waals surface area contributed by atoms with Crippen molar-refractivity contribution in [2.24, 2.45) is 0 Å². The van der Waals surface area contributed by atoms with E-state index in [1.165, 1.54) is 0 Å². The molecule has 1 saturated heterocycles. The number of hydrogen-bond donors (Lipinski definition) is 2. The summed E-state index contributed by atoms with van der Waals surface area (Å²) in [6.07, 6.45) is 1.53. The molecule has 0 unspecified atom stereocenters. The Kier molecular flexibility index (Phi) is 5.54. The van der Waals surface area contributed by atoms with Crippen LogP contribution >= 0.6 is 0 Å². The number of rotatable bonds is 2. The molecule has 1 heterocycles. The van der Waals surface area contributed by atoms with Gasteiger partial charge in [0.2, 0.25) is 0 Å². The van der Waals surface area contributed by atoms with Crippen LogP contribution in [-0.4, -0.2) is 39.4 Å². The van der Waals surface area contributed by atoms with Gasteiger partial charge < -0.3 is 10.4 Å². The van der Waals surface area contributed by atoms with Crippen LogP contribution < -0.4 is 5.32 Å². The van der Waals surface area contributed by atoms with Gasteiger partial charge in [0, 0.05) is 39.5 Å². The molecule has 1 amide bonds. The number of amides is 1. The Balaban J connectivity index is 2.07. The minimum atomic E-state index is -0.724. The van der Waals surface area contributed by atoms with Gasteiger partial charge in [0.25, 0.3) is 5.91 Å². The summed E-state index contributed by atoms with van der Waals surface area (Å²) >= 11 is 0. The molecule has 1 aliphatic heterocycles. The van der Waals surface area contributed by atoms with Crippen molar-refractivity contribution < 1.29 is 14.1 Å². The highest BCUT2D eigenvalue weighted by Gasteiger charge is 2.20. The molecule has 0 radical (unpaired) electrons. The molecule has 0 bridgehead atoms. The van der Waals surface area contributed by atoms with E-state index in [0.29, 0.717) is 17.1 Å². The van der Waals surface area contributed by atoms with Crippen molar-refractivity contribution in [1.82, 2.24) is 5.32 Å². The van der Waals surface area contributed by atoms with Crippen LogP contribution in [0.5, 0.6) is 0 Å². The predicted octanol–water partition coefficient (Wildman–Crippen LogP) is 0.980. The summed E-state index contributed by atoms with van der Waals surface area (Å²) in [5.74, 6) is 6.64. The van der Waals surface area contributed by atoms with Gasteiger partial charge in [-0.1, -0.05) is 17.9 Å². The minimum absolute atomic E-state index is 0.100. The third-order valence-corrected chi connectivity index (χ3v) is 4.91. The zero-order chi connectivity index (χ0) is 15.2. The maximum Gasteiger partial charge on any atom is 0.251 e. The molecule has 1 aromatic carbocycles. The van der Waals surface area contributed by atoms with Gasteiger partial charge in [-0.2, -0.15) is 0 Å². The molecule has 1 fully saturated rings. The Labute approximate surface area is 127 Å². The topological polar surface area (TPSA) is 66.4 Å². The highest BCUT2D eigenvalue weighted by atomic mass is 32.2. The van der Waals surface area contributed by atoms with Crippen LogP contribution in [0.15, 0.2) is 18.2 Å². The number of hydrogen-bond acceptors (Lipinski definition) is 3. The summed E-state index contributed by atoms with van der Waals surface area (Å²) < 4.78 is 11.3. The fraction of sp³-hybridized carbons (Fsp3) is 0.438. The SMILES string of the molecule is Cc1ccc(C(=O)NC2CCS(=O)CC2)cc1C#CCO. The fourth-order valence-corrected chi connectivity index (χ4v) is 3.54. The first-order valence-corrected chi connectivity index (χ1v) is 8.45. The number of aliphatic hydroxyl groups excluding tert-OH is 1. The molecule has 21 heavy (non-hydrogen) atoms. The Morgan fingerprint density at radius 3 is 2.81 bits per heavy atom. The van der Waals surface area contributed by atoms with Crippen molar-refractivity contribution in [2.45, 2.75) is 25.8 Å². The summed E-state index contributed by atoms with van der Waals surface area (Å²) in [4.78, 5) is 12.2. The Morgan fingerprint density at radius 2 is 2.14 bits per heavy atom. The molecule has 1 aliphatic rings. The van der Waals surface area contributed by atoms with Crippen molar-refractivity contribution in [3.05, 3.63) is 34.9 Å². The van der Waals surface area contributed by atoms with Crippen LogP contribution in [0.3, 0.4) is 0 Å². The highest BCUT2D eigenvalue weighted by Crippen LogP contribution is 2.13. The maximum absolute atomic E-state index is 12.2. The van der Waals surface area contributed by atoms with Crippen molar-refractivity contribution in [3.63, 3.8) is 0 Å². The summed E-state index contributed by atoms with van der Waals surface area (Å²) in [6, 6.07) is 5.47. The van der Waals surface area contributed by atoms with E-state index in [1.807, 2.05) is 13.0 Å². The average molecular weight is 305 g/mol. The van der Waals surface area contributed by atoms with Crippen molar-refractivity contribution in [3.8, 4) is 11.8 Å². The van der Waals surface area contributed by atoms with Crippen LogP contribution in [0, 0.1) is 18.8 Å². The largest absolute Gasteiger partial charge is 0.384 e. The van der Waals surface area contributed by atoms with Gasteiger partial charge in [-0.05, 0) is 37.5 Å². The van der Waals surface area contributed by atoms with Crippen LogP contribution in [0.4, 0.5) is 0 Å². The van der Waals surface area contributed by atoms with Gasteiger partial charge in [0.15, 0.2) is 0 Å². The van der Waals surface area contributed by atoms with E-state index in [0.717, 1.165) is 24.0 Å². The molecule has 5 heteroatoms. The second kappa shape index (κ2) is 7.39. The number of carbonyl (C=O) groups is 1. The zero-order valence-corrected chi connectivity index (χ0v) is 12.8. The molecule has 1 aromatic rings.